The second-order valence-electron chi connectivity index (χ2n) is 25.7. The van der Waals surface area contributed by atoms with E-state index >= 15 is 0 Å². The largest absolute Gasteiger partial charge is 0.477 e. The molecule has 2 aromatic carbocycles. The number of aromatic nitrogens is 6. The zero-order valence-corrected chi connectivity index (χ0v) is 49.8. The first-order valence-electron chi connectivity index (χ1n) is 29.3. The molecule has 0 radical (unpaired) electrons. The third kappa shape index (κ3) is 13.0. The fourth-order valence-electron chi connectivity index (χ4n) is 12.2. The van der Waals surface area contributed by atoms with E-state index in [-0.39, 0.29) is 32.0 Å². The number of nitrogens with zero attached hydrogens (tertiary/aromatic N) is 8. The average Bonchev–Trinajstić information content (AvgIpc) is 4.15. The quantitative estimate of drug-likeness (QED) is 0.131. The maximum atomic E-state index is 13.6. The topological polar surface area (TPSA) is 213 Å². The summed E-state index contributed by atoms with van der Waals surface area (Å²) in [5.41, 5.74) is 2.92. The number of carbonyl (C=O) groups excluding carboxylic acids is 2. The lowest BCUT2D eigenvalue weighted by atomic mass is 9.92. The first-order chi connectivity index (χ1) is 39.0. The highest BCUT2D eigenvalue weighted by atomic mass is 32.2. The number of nitrogens with one attached hydrogen (secondary N) is 2. The van der Waals surface area contributed by atoms with Crippen molar-refractivity contribution in [2.75, 3.05) is 36.1 Å². The molecule has 2 aliphatic carbocycles. The van der Waals surface area contributed by atoms with E-state index in [1.165, 1.54) is 25.7 Å². The van der Waals surface area contributed by atoms with E-state index in [2.05, 4.69) is 71.0 Å². The number of rotatable bonds is 10. The van der Waals surface area contributed by atoms with Crippen LogP contribution >= 0.6 is 0 Å². The van der Waals surface area contributed by atoms with E-state index in [1.807, 2.05) is 36.4 Å². The van der Waals surface area contributed by atoms with Crippen LogP contribution in [0, 0.1) is 22.7 Å². The number of ether oxygens (including phenoxy) is 2. The van der Waals surface area contributed by atoms with Crippen molar-refractivity contribution in [1.29, 1.82) is 0 Å². The Bertz CT molecular complexity index is 3320. The van der Waals surface area contributed by atoms with Crippen molar-refractivity contribution in [3.05, 3.63) is 120 Å². The Morgan fingerprint density at radius 2 is 0.915 bits per heavy atom. The molecule has 436 valence electrons. The van der Waals surface area contributed by atoms with Gasteiger partial charge in [-0.1, -0.05) is 51.0 Å². The summed E-state index contributed by atoms with van der Waals surface area (Å²) < 4.78 is 72.3. The Balaban J connectivity index is 0.000000172. The summed E-state index contributed by atoms with van der Waals surface area (Å²) >= 11 is 0. The van der Waals surface area contributed by atoms with Crippen LogP contribution < -0.4 is 28.7 Å². The predicted molar refractivity (Wildman–Crippen MR) is 314 cm³/mol. The summed E-state index contributed by atoms with van der Waals surface area (Å²) in [6.07, 6.45) is 20.8. The van der Waals surface area contributed by atoms with Gasteiger partial charge in [-0.25, -0.2) is 45.6 Å². The molecule has 0 spiro atoms. The molecule has 6 aromatic rings. The lowest BCUT2D eigenvalue weighted by Crippen LogP contribution is -2.41. The third-order valence-electron chi connectivity index (χ3n) is 17.9. The van der Waals surface area contributed by atoms with Crippen LogP contribution in [0.5, 0.6) is 11.8 Å². The molecule has 2 saturated carbocycles. The van der Waals surface area contributed by atoms with Crippen molar-refractivity contribution in [2.45, 2.75) is 165 Å². The van der Waals surface area contributed by atoms with Crippen molar-refractivity contribution in [3.63, 3.8) is 0 Å². The minimum absolute atomic E-state index is 0.0640. The molecular formula is C62H78N10O8S2. The molecule has 18 nitrogen and oxygen atoms in total. The van der Waals surface area contributed by atoms with Gasteiger partial charge in [-0.2, -0.15) is 0 Å². The molecule has 2 atom stereocenters. The molecule has 20 heteroatoms. The molecule has 10 heterocycles. The van der Waals surface area contributed by atoms with Crippen LogP contribution in [0.25, 0.3) is 11.6 Å². The standard InChI is InChI=1S/2C31H39N5O4S/c2*1-30(2)20-23-7-5-4-6-22-8-10-24(11-9-22)41(38,39)34-29(37)25-12-13-26(32-28(25)35(30)21-23)36-18-14-27(33-36)40-19-17-31(3)15-16-31/h2*8-14,18,23H,4-7,15-17,19-21H2,1-3H3,(H,34,37). The molecule has 6 aliphatic heterocycles. The molecule has 2 amide bonds. The molecule has 82 heavy (non-hydrogen) atoms. The van der Waals surface area contributed by atoms with Crippen LogP contribution in [0.1, 0.15) is 163 Å². The van der Waals surface area contributed by atoms with Gasteiger partial charge in [0.1, 0.15) is 11.6 Å². The number of fused-ring (bicyclic) bond motifs is 14. The van der Waals surface area contributed by atoms with Gasteiger partial charge in [0.2, 0.25) is 11.8 Å². The smallest absolute Gasteiger partial charge is 0.268 e. The second-order valence-corrected chi connectivity index (χ2v) is 29.1. The number of pyridine rings is 2. The van der Waals surface area contributed by atoms with Crippen molar-refractivity contribution in [2.24, 2.45) is 22.7 Å². The number of hydrogen-bond acceptors (Lipinski definition) is 14. The number of benzene rings is 2. The molecule has 2 saturated heterocycles. The summed E-state index contributed by atoms with van der Waals surface area (Å²) in [5.74, 6) is 2.54. The van der Waals surface area contributed by atoms with Gasteiger partial charge >= 0.3 is 0 Å². The molecule has 2 N–H and O–H groups in total. The highest BCUT2D eigenvalue weighted by Gasteiger charge is 2.43. The lowest BCUT2D eigenvalue weighted by molar-refractivity contribution is 0.0972. The lowest BCUT2D eigenvalue weighted by Gasteiger charge is -2.34. The zero-order valence-electron chi connectivity index (χ0n) is 48.2. The van der Waals surface area contributed by atoms with Gasteiger partial charge in [-0.15, -0.1) is 10.2 Å². The second kappa shape index (κ2) is 22.4. The number of anilines is 2. The fourth-order valence-corrected chi connectivity index (χ4v) is 14.2. The number of amides is 2. The van der Waals surface area contributed by atoms with E-state index in [9.17, 15) is 26.4 Å². The number of hydrogen-bond donors (Lipinski definition) is 2. The molecule has 4 fully saturated rings. The van der Waals surface area contributed by atoms with E-state index in [0.29, 0.717) is 70.9 Å². The minimum atomic E-state index is -4.06. The average molecular weight is 1160 g/mol. The van der Waals surface area contributed by atoms with Gasteiger partial charge in [0.15, 0.2) is 11.6 Å². The Labute approximate surface area is 482 Å². The highest BCUT2D eigenvalue weighted by Crippen LogP contribution is 2.49. The minimum Gasteiger partial charge on any atom is -0.477 e. The highest BCUT2D eigenvalue weighted by molar-refractivity contribution is 7.90. The maximum absolute atomic E-state index is 13.6. The summed E-state index contributed by atoms with van der Waals surface area (Å²) in [6.45, 7) is 15.9. The summed E-state index contributed by atoms with van der Waals surface area (Å²) in [6, 6.07) is 23.9. The van der Waals surface area contributed by atoms with Crippen molar-refractivity contribution in [1.82, 2.24) is 39.0 Å². The molecule has 8 bridgehead atoms. The van der Waals surface area contributed by atoms with E-state index in [1.54, 1.807) is 70.3 Å². The molecule has 8 aliphatic rings. The Morgan fingerprint density at radius 3 is 1.29 bits per heavy atom. The summed E-state index contributed by atoms with van der Waals surface area (Å²) in [4.78, 5) is 41.4. The first-order valence-corrected chi connectivity index (χ1v) is 32.3. The summed E-state index contributed by atoms with van der Waals surface area (Å²) in [5, 5.41) is 9.15. The number of aryl methyl sites for hydroxylation is 2. The molecule has 4 aromatic heterocycles. The van der Waals surface area contributed by atoms with Gasteiger partial charge in [-0.05, 0) is 200 Å². The Kier molecular flexibility index (Phi) is 15.6. The number of sulfonamides is 2. The molecular weight excluding hydrogens is 1080 g/mol. The van der Waals surface area contributed by atoms with Crippen LogP contribution in [0.4, 0.5) is 11.6 Å². The van der Waals surface area contributed by atoms with Crippen LogP contribution in [0.2, 0.25) is 0 Å². The predicted octanol–water partition coefficient (Wildman–Crippen LogP) is 10.6. The van der Waals surface area contributed by atoms with Crippen molar-refractivity contribution < 1.29 is 35.9 Å². The van der Waals surface area contributed by atoms with Gasteiger partial charge in [0.25, 0.3) is 31.9 Å². The van der Waals surface area contributed by atoms with Crippen LogP contribution in [-0.2, 0) is 32.9 Å². The third-order valence-corrected chi connectivity index (χ3v) is 20.6. The Hall–Kier alpha value is -6.80. The fraction of sp³-hybridized carbons (Fsp3) is 0.516. The normalized spacial score (nSPS) is 22.7. The summed E-state index contributed by atoms with van der Waals surface area (Å²) in [7, 11) is -8.12. The monoisotopic (exact) mass is 1150 g/mol. The van der Waals surface area contributed by atoms with E-state index in [4.69, 9.17) is 19.4 Å². The Morgan fingerprint density at radius 1 is 0.524 bits per heavy atom. The van der Waals surface area contributed by atoms with Crippen LogP contribution in [0.3, 0.4) is 0 Å². The number of carbonyl (C=O) groups is 2. The van der Waals surface area contributed by atoms with Crippen LogP contribution in [0.15, 0.2) is 107 Å². The van der Waals surface area contributed by atoms with Gasteiger partial charge in [-0.3, -0.25) is 9.59 Å². The molecule has 14 rings (SSSR count). The van der Waals surface area contributed by atoms with E-state index in [0.717, 1.165) is 101 Å². The SMILES string of the molecule is CC1(CCOc2ccn(-c3ccc4c(n3)N3CC(CCCCc5ccc(cc5)S(=O)(=O)NC4=O)CC3(C)C)n2)CC1.CC1(CCOc2ccn(-c3ccc4c(n3)N3CC(CCCCc5ccc(cc5)S(=O)(=O)NC4=O)CC3(C)C)n2)CC1. The van der Waals surface area contributed by atoms with E-state index < -0.39 is 31.9 Å². The van der Waals surface area contributed by atoms with Crippen molar-refractivity contribution >= 4 is 43.5 Å². The van der Waals surface area contributed by atoms with Crippen molar-refractivity contribution in [3.8, 4) is 23.4 Å². The zero-order chi connectivity index (χ0) is 57.7. The van der Waals surface area contributed by atoms with Gasteiger partial charge < -0.3 is 19.3 Å². The van der Waals surface area contributed by atoms with Gasteiger partial charge in [0, 0.05) is 48.7 Å². The first kappa shape index (κ1) is 57.0. The van der Waals surface area contributed by atoms with Gasteiger partial charge in [0.05, 0.1) is 34.1 Å². The maximum Gasteiger partial charge on any atom is 0.268 e. The van der Waals surface area contributed by atoms with Crippen LogP contribution in [-0.4, -0.2) is 95.6 Å². The molecule has 2 unspecified atom stereocenters.